The van der Waals surface area contributed by atoms with Gasteiger partial charge in [-0.1, -0.05) is 12.1 Å². The van der Waals surface area contributed by atoms with Crippen LogP contribution >= 0.6 is 0 Å². The molecule has 0 spiro atoms. The Morgan fingerprint density at radius 1 is 1.12 bits per heavy atom. The van der Waals surface area contributed by atoms with Crippen LogP contribution in [-0.2, 0) is 7.05 Å². The van der Waals surface area contributed by atoms with Crippen LogP contribution in [0.1, 0.15) is 10.4 Å². The van der Waals surface area contributed by atoms with Crippen molar-refractivity contribution in [3.63, 3.8) is 0 Å². The van der Waals surface area contributed by atoms with Crippen molar-refractivity contribution in [3.8, 4) is 5.75 Å². The summed E-state index contributed by atoms with van der Waals surface area (Å²) in [5.74, 6) is -3.57. The average Bonchev–Trinajstić information content (AvgIpc) is 2.56. The van der Waals surface area contributed by atoms with Gasteiger partial charge in [-0.2, -0.15) is 0 Å². The number of halogens is 2. The van der Waals surface area contributed by atoms with Crippen molar-refractivity contribution in [2.45, 2.75) is 0 Å². The molecule has 122 valence electrons. The molecular weight excluding hydrogens is 318 g/mol. The number of benzene rings is 2. The summed E-state index contributed by atoms with van der Waals surface area (Å²) in [7, 11) is 1.47. The number of nitrogens with zero attached hydrogens (tertiary/aromatic N) is 1. The lowest BCUT2D eigenvalue weighted by molar-refractivity contribution is 0.102. The van der Waals surface area contributed by atoms with Crippen LogP contribution in [-0.4, -0.2) is 15.6 Å². The Morgan fingerprint density at radius 2 is 1.83 bits per heavy atom. The predicted molar refractivity (Wildman–Crippen MR) is 85.2 cm³/mol. The number of para-hydroxylation sites is 1. The number of amides is 1. The van der Waals surface area contributed by atoms with E-state index in [4.69, 9.17) is 0 Å². The van der Waals surface area contributed by atoms with Crippen molar-refractivity contribution >= 4 is 22.5 Å². The summed E-state index contributed by atoms with van der Waals surface area (Å²) in [6.45, 7) is 0. The number of rotatable bonds is 2. The molecule has 0 atom stereocenters. The zero-order chi connectivity index (χ0) is 17.4. The highest BCUT2D eigenvalue weighted by Gasteiger charge is 2.21. The van der Waals surface area contributed by atoms with E-state index >= 15 is 0 Å². The fourth-order valence-corrected chi connectivity index (χ4v) is 2.45. The molecule has 5 nitrogen and oxygen atoms in total. The molecule has 0 saturated carbocycles. The molecule has 1 aromatic heterocycles. The smallest absolute Gasteiger partial charge is 0.267 e. The van der Waals surface area contributed by atoms with Gasteiger partial charge >= 0.3 is 0 Å². The third-order valence-electron chi connectivity index (χ3n) is 3.68. The van der Waals surface area contributed by atoms with Crippen LogP contribution in [0.4, 0.5) is 14.5 Å². The summed E-state index contributed by atoms with van der Waals surface area (Å²) in [6.07, 6.45) is 0. The van der Waals surface area contributed by atoms with Gasteiger partial charge in [0.25, 0.3) is 11.5 Å². The minimum absolute atomic E-state index is 0.0338. The Balaban J connectivity index is 2.10. The van der Waals surface area contributed by atoms with Crippen LogP contribution in [0.15, 0.2) is 47.3 Å². The standard InChI is InChI=1S/C17H12F2N2O3/c1-21-13-5-3-2-4-10(13)15(22)14(17(21)24)16(23)20-9-6-7-11(18)12(19)8-9/h2-8,22H,1H3,(H,20,23). The predicted octanol–water partition coefficient (Wildman–Crippen LogP) is 2.77. The molecule has 1 heterocycles. The van der Waals surface area contributed by atoms with E-state index < -0.39 is 34.4 Å². The number of carbonyl (C=O) groups excluding carboxylic acids is 1. The number of aromatic hydroxyl groups is 1. The van der Waals surface area contributed by atoms with E-state index in [1.807, 2.05) is 0 Å². The highest BCUT2D eigenvalue weighted by atomic mass is 19.2. The molecule has 0 fully saturated rings. The third kappa shape index (κ3) is 2.50. The average molecular weight is 330 g/mol. The largest absolute Gasteiger partial charge is 0.506 e. The molecule has 3 rings (SSSR count). The van der Waals surface area contributed by atoms with Crippen molar-refractivity contribution in [2.75, 3.05) is 5.32 Å². The Hall–Kier alpha value is -3.22. The maximum atomic E-state index is 13.2. The van der Waals surface area contributed by atoms with E-state index in [9.17, 15) is 23.5 Å². The maximum Gasteiger partial charge on any atom is 0.267 e. The second-order valence-electron chi connectivity index (χ2n) is 5.19. The summed E-state index contributed by atoms with van der Waals surface area (Å²) in [4.78, 5) is 24.7. The fourth-order valence-electron chi connectivity index (χ4n) is 2.45. The van der Waals surface area contributed by atoms with Gasteiger partial charge in [-0.05, 0) is 24.3 Å². The number of aromatic nitrogens is 1. The third-order valence-corrected chi connectivity index (χ3v) is 3.68. The number of anilines is 1. The first kappa shape index (κ1) is 15.7. The van der Waals surface area contributed by atoms with Gasteiger partial charge in [-0.3, -0.25) is 9.59 Å². The first-order chi connectivity index (χ1) is 11.4. The van der Waals surface area contributed by atoms with E-state index in [2.05, 4.69) is 5.32 Å². The minimum atomic E-state index is -1.14. The monoisotopic (exact) mass is 330 g/mol. The summed E-state index contributed by atoms with van der Waals surface area (Å²) >= 11 is 0. The lowest BCUT2D eigenvalue weighted by atomic mass is 10.1. The van der Waals surface area contributed by atoms with Crippen molar-refractivity contribution in [1.29, 1.82) is 0 Å². The van der Waals surface area contributed by atoms with Gasteiger partial charge in [-0.25, -0.2) is 8.78 Å². The van der Waals surface area contributed by atoms with E-state index in [1.165, 1.54) is 11.6 Å². The van der Waals surface area contributed by atoms with Crippen LogP contribution < -0.4 is 10.9 Å². The van der Waals surface area contributed by atoms with Crippen LogP contribution in [0.3, 0.4) is 0 Å². The number of nitrogens with one attached hydrogen (secondary N) is 1. The van der Waals surface area contributed by atoms with Gasteiger partial charge in [0.05, 0.1) is 5.52 Å². The quantitative estimate of drug-likeness (QED) is 0.759. The second kappa shape index (κ2) is 5.77. The lowest BCUT2D eigenvalue weighted by Crippen LogP contribution is -2.28. The second-order valence-corrected chi connectivity index (χ2v) is 5.19. The number of hydrogen-bond acceptors (Lipinski definition) is 3. The van der Waals surface area contributed by atoms with E-state index in [0.29, 0.717) is 10.9 Å². The topological polar surface area (TPSA) is 71.3 Å². The Morgan fingerprint density at radius 3 is 2.54 bits per heavy atom. The zero-order valence-corrected chi connectivity index (χ0v) is 12.5. The molecule has 2 aromatic carbocycles. The van der Waals surface area contributed by atoms with Gasteiger partial charge < -0.3 is 15.0 Å². The highest BCUT2D eigenvalue weighted by molar-refractivity contribution is 6.09. The number of aryl methyl sites for hydroxylation is 1. The maximum absolute atomic E-state index is 13.2. The van der Waals surface area contributed by atoms with E-state index in [-0.39, 0.29) is 5.69 Å². The van der Waals surface area contributed by atoms with Crippen LogP contribution in [0.5, 0.6) is 5.75 Å². The normalized spacial score (nSPS) is 10.8. The molecule has 1 amide bonds. The Kier molecular flexibility index (Phi) is 3.76. The lowest BCUT2D eigenvalue weighted by Gasteiger charge is -2.12. The van der Waals surface area contributed by atoms with Gasteiger partial charge in [0.2, 0.25) is 0 Å². The number of carbonyl (C=O) groups is 1. The molecule has 3 aromatic rings. The first-order valence-electron chi connectivity index (χ1n) is 6.97. The molecule has 0 aliphatic rings. The number of fused-ring (bicyclic) bond motifs is 1. The van der Waals surface area contributed by atoms with Crippen molar-refractivity contribution < 1.29 is 18.7 Å². The summed E-state index contributed by atoms with van der Waals surface area (Å²) in [5.41, 5.74) is -0.745. The van der Waals surface area contributed by atoms with Crippen LogP contribution in [0, 0.1) is 11.6 Å². The minimum Gasteiger partial charge on any atom is -0.506 e. The SMILES string of the molecule is Cn1c(=O)c(C(=O)Nc2ccc(F)c(F)c2)c(O)c2ccccc21. The van der Waals surface area contributed by atoms with Crippen LogP contribution in [0.2, 0.25) is 0 Å². The molecule has 0 aliphatic heterocycles. The Labute approximate surface area is 134 Å². The molecule has 0 radical (unpaired) electrons. The first-order valence-corrected chi connectivity index (χ1v) is 6.97. The van der Waals surface area contributed by atoms with Crippen LogP contribution in [0.25, 0.3) is 10.9 Å². The Bertz CT molecular complexity index is 1030. The van der Waals surface area contributed by atoms with Crippen molar-refractivity contribution in [1.82, 2.24) is 4.57 Å². The summed E-state index contributed by atoms with van der Waals surface area (Å²) < 4.78 is 27.4. The van der Waals surface area contributed by atoms with Gasteiger partial charge in [-0.15, -0.1) is 0 Å². The van der Waals surface area contributed by atoms with Crippen molar-refractivity contribution in [3.05, 3.63) is 70.0 Å². The number of pyridine rings is 1. The highest BCUT2D eigenvalue weighted by Crippen LogP contribution is 2.26. The molecular formula is C17H12F2N2O3. The molecule has 7 heteroatoms. The summed E-state index contributed by atoms with van der Waals surface area (Å²) in [6, 6.07) is 9.34. The fraction of sp³-hybridized carbons (Fsp3) is 0.0588. The zero-order valence-electron chi connectivity index (χ0n) is 12.5. The van der Waals surface area contributed by atoms with Gasteiger partial charge in [0.1, 0.15) is 11.3 Å². The molecule has 24 heavy (non-hydrogen) atoms. The molecule has 0 saturated heterocycles. The molecule has 0 bridgehead atoms. The van der Waals surface area contributed by atoms with Gasteiger partial charge in [0.15, 0.2) is 11.6 Å². The molecule has 0 aliphatic carbocycles. The molecule has 0 unspecified atom stereocenters. The molecule has 2 N–H and O–H groups in total. The van der Waals surface area contributed by atoms with Crippen molar-refractivity contribution in [2.24, 2.45) is 7.05 Å². The number of hydrogen-bond donors (Lipinski definition) is 2. The summed E-state index contributed by atoms with van der Waals surface area (Å²) in [5, 5.41) is 12.9. The van der Waals surface area contributed by atoms with E-state index in [1.54, 1.807) is 24.3 Å². The van der Waals surface area contributed by atoms with E-state index in [0.717, 1.165) is 18.2 Å². The van der Waals surface area contributed by atoms with Gasteiger partial charge in [0, 0.05) is 24.2 Å².